The van der Waals surface area contributed by atoms with Gasteiger partial charge in [0.15, 0.2) is 5.60 Å². The molecular formula is C10H14BiF9O. The van der Waals surface area contributed by atoms with E-state index in [9.17, 15) is 44.6 Å². The van der Waals surface area contributed by atoms with Gasteiger partial charge in [0, 0.05) is 0 Å². The van der Waals surface area contributed by atoms with E-state index in [-0.39, 0.29) is 23.2 Å². The minimum absolute atomic E-state index is 0.0432. The fraction of sp³-hybridized carbons (Fsp3) is 1.00. The summed E-state index contributed by atoms with van der Waals surface area (Å²) in [7, 11) is 0. The maximum atomic E-state index is 11.3. The third-order valence-corrected chi connectivity index (χ3v) is 6.43. The van der Waals surface area contributed by atoms with Crippen LogP contribution in [-0.2, 0) is 0 Å². The molecule has 0 spiro atoms. The van der Waals surface area contributed by atoms with Crippen LogP contribution in [-0.4, -0.2) is 47.4 Å². The molecule has 0 N–H and O–H groups in total. The SMILES string of the molecule is C[CH](C)[Bi+][CH](C)C.[O-]C(C(F)(F)F)(C(F)(F)F)C(F)(F)F. The van der Waals surface area contributed by atoms with Crippen LogP contribution in [0.25, 0.3) is 0 Å². The van der Waals surface area contributed by atoms with Crippen molar-refractivity contribution in [1.29, 1.82) is 0 Å². The molecule has 21 heavy (non-hydrogen) atoms. The largest absolute Gasteiger partial charge is 0.830 e. The Labute approximate surface area is 127 Å². The normalized spacial score (nSPS) is 14.3. The number of halogens is 9. The second kappa shape index (κ2) is 7.66. The van der Waals surface area contributed by atoms with E-state index >= 15 is 0 Å². The summed E-state index contributed by atoms with van der Waals surface area (Å²) < 4.78 is 104. The molecule has 0 aliphatic heterocycles. The second-order valence-corrected chi connectivity index (χ2v) is 13.7. The van der Waals surface area contributed by atoms with Gasteiger partial charge < -0.3 is 5.11 Å². The molecule has 0 fully saturated rings. The van der Waals surface area contributed by atoms with Crippen LogP contribution in [0.4, 0.5) is 39.5 Å². The fourth-order valence-corrected chi connectivity index (χ4v) is 5.71. The van der Waals surface area contributed by atoms with Gasteiger partial charge in [0.2, 0.25) is 0 Å². The average Bonchev–Trinajstić information content (AvgIpc) is 2.09. The molecule has 0 atom stereocenters. The Morgan fingerprint density at radius 2 is 0.810 bits per heavy atom. The van der Waals surface area contributed by atoms with E-state index in [1.165, 1.54) is 0 Å². The first-order chi connectivity index (χ1) is 8.88. The molecule has 0 saturated carbocycles. The molecule has 0 unspecified atom stereocenters. The van der Waals surface area contributed by atoms with Crippen molar-refractivity contribution < 1.29 is 44.6 Å². The van der Waals surface area contributed by atoms with Crippen molar-refractivity contribution in [1.82, 2.24) is 0 Å². The topological polar surface area (TPSA) is 23.1 Å². The fourth-order valence-electron chi connectivity index (χ4n) is 1.08. The maximum Gasteiger partial charge on any atom is 0.397 e. The second-order valence-electron chi connectivity index (χ2n) is 4.51. The summed E-state index contributed by atoms with van der Waals surface area (Å²) in [5, 5.41) is 9.79. The summed E-state index contributed by atoms with van der Waals surface area (Å²) >= 11 is -0.0432. The minimum atomic E-state index is -6.98. The summed E-state index contributed by atoms with van der Waals surface area (Å²) in [5.74, 6) is 0. The molecule has 2 radical (unpaired) electrons. The third-order valence-electron chi connectivity index (χ3n) is 1.79. The van der Waals surface area contributed by atoms with E-state index in [1.54, 1.807) is 0 Å². The number of alkyl halides is 9. The van der Waals surface area contributed by atoms with Crippen molar-refractivity contribution in [3.63, 3.8) is 0 Å². The van der Waals surface area contributed by atoms with Crippen LogP contribution < -0.4 is 5.11 Å². The monoisotopic (exact) mass is 530 g/mol. The molecule has 0 aliphatic rings. The Kier molecular flexibility index (Phi) is 8.56. The van der Waals surface area contributed by atoms with Crippen molar-refractivity contribution in [3.8, 4) is 0 Å². The first-order valence-electron chi connectivity index (χ1n) is 5.48. The van der Waals surface area contributed by atoms with Crippen LogP contribution >= 0.6 is 0 Å². The van der Waals surface area contributed by atoms with Gasteiger partial charge in [-0.25, -0.2) is 0 Å². The molecule has 1 nitrogen and oxygen atoms in total. The van der Waals surface area contributed by atoms with E-state index in [0.29, 0.717) is 0 Å². The molecule has 128 valence electrons. The zero-order valence-corrected chi connectivity index (χ0v) is 14.9. The molecule has 0 amide bonds. The van der Waals surface area contributed by atoms with Crippen LogP contribution in [0.2, 0.25) is 7.25 Å². The predicted octanol–water partition coefficient (Wildman–Crippen LogP) is 4.12. The third kappa shape index (κ3) is 6.88. The van der Waals surface area contributed by atoms with E-state index < -0.39 is 24.1 Å². The van der Waals surface area contributed by atoms with Crippen molar-refractivity contribution >= 4 is 23.2 Å². The van der Waals surface area contributed by atoms with Crippen molar-refractivity contribution in [2.24, 2.45) is 0 Å². The molecule has 0 rings (SSSR count). The molecular weight excluding hydrogens is 516 g/mol. The Bertz CT molecular complexity index is 261. The molecule has 0 saturated heterocycles. The van der Waals surface area contributed by atoms with Crippen LogP contribution in [0.3, 0.4) is 0 Å². The van der Waals surface area contributed by atoms with Gasteiger partial charge in [0.25, 0.3) is 0 Å². The Morgan fingerprint density at radius 1 is 0.619 bits per heavy atom. The number of rotatable bonds is 2. The van der Waals surface area contributed by atoms with Gasteiger partial charge in [-0.1, -0.05) is 0 Å². The number of hydrogen-bond acceptors (Lipinski definition) is 1. The molecule has 0 aromatic rings. The van der Waals surface area contributed by atoms with Gasteiger partial charge in [0.1, 0.15) is 0 Å². The molecule has 0 aromatic carbocycles. The average molecular weight is 530 g/mol. The number of hydrogen-bond donors (Lipinski definition) is 0. The Morgan fingerprint density at radius 3 is 0.810 bits per heavy atom. The standard InChI is InChI=1S/C4F9O.2C3H7.Bi/c5-2(6,7)1(14,3(8,9)10)4(11,12)13;2*1-3-2;/h;2*3H,1-2H3;/q-1;;;+1. The van der Waals surface area contributed by atoms with Crippen LogP contribution in [0, 0.1) is 0 Å². The van der Waals surface area contributed by atoms with E-state index in [0.717, 1.165) is 7.25 Å². The smallest absolute Gasteiger partial charge is 0.397 e. The van der Waals surface area contributed by atoms with E-state index in [1.807, 2.05) is 0 Å². The summed E-state index contributed by atoms with van der Waals surface area (Å²) in [4.78, 5) is 0. The van der Waals surface area contributed by atoms with Gasteiger partial charge in [-0.2, -0.15) is 39.5 Å². The summed E-state index contributed by atoms with van der Waals surface area (Å²) in [6, 6.07) is 0. The predicted molar refractivity (Wildman–Crippen MR) is 56.8 cm³/mol. The zero-order valence-electron chi connectivity index (χ0n) is 11.4. The van der Waals surface area contributed by atoms with Crippen molar-refractivity contribution in [2.45, 2.75) is 59.1 Å². The van der Waals surface area contributed by atoms with Gasteiger partial charge in [-0.3, -0.25) is 0 Å². The maximum absolute atomic E-state index is 11.3. The van der Waals surface area contributed by atoms with Gasteiger partial charge in [-0.15, -0.1) is 0 Å². The van der Waals surface area contributed by atoms with Crippen molar-refractivity contribution in [2.75, 3.05) is 0 Å². The van der Waals surface area contributed by atoms with Gasteiger partial charge >= 0.3 is 76.7 Å². The van der Waals surface area contributed by atoms with Crippen LogP contribution in [0.1, 0.15) is 27.7 Å². The zero-order chi connectivity index (χ0) is 17.9. The summed E-state index contributed by atoms with van der Waals surface area (Å²) in [5.41, 5.74) is -6.94. The summed E-state index contributed by atoms with van der Waals surface area (Å²) in [6.45, 7) is 9.38. The van der Waals surface area contributed by atoms with Crippen LogP contribution in [0.5, 0.6) is 0 Å². The van der Waals surface area contributed by atoms with Crippen molar-refractivity contribution in [3.05, 3.63) is 0 Å². The van der Waals surface area contributed by atoms with E-state index in [2.05, 4.69) is 27.7 Å². The molecule has 0 heterocycles. The molecule has 11 heteroatoms. The minimum Gasteiger partial charge on any atom is -0.830 e. The van der Waals surface area contributed by atoms with E-state index in [4.69, 9.17) is 0 Å². The van der Waals surface area contributed by atoms with Crippen LogP contribution in [0.15, 0.2) is 0 Å². The first kappa shape index (κ1) is 23.5. The first-order valence-corrected chi connectivity index (χ1v) is 9.50. The molecule has 0 bridgehead atoms. The quantitative estimate of drug-likeness (QED) is 0.390. The Balaban J connectivity index is 0. The van der Waals surface area contributed by atoms with Gasteiger partial charge in [0.05, 0.1) is 0 Å². The molecule has 0 aliphatic carbocycles. The van der Waals surface area contributed by atoms with Gasteiger partial charge in [-0.05, 0) is 0 Å². The molecule has 0 aromatic heterocycles. The Hall–Kier alpha value is 0.213. The summed E-state index contributed by atoms with van der Waals surface area (Å²) in [6.07, 6.45) is -20.9.